The zero-order valence-electron chi connectivity index (χ0n) is 9.48. The predicted molar refractivity (Wildman–Crippen MR) is 61.7 cm³/mol. The minimum absolute atomic E-state index is 0.637. The van der Waals surface area contributed by atoms with Crippen molar-refractivity contribution in [3.63, 3.8) is 0 Å². The third kappa shape index (κ3) is 4.45. The Morgan fingerprint density at radius 1 is 1.20 bits per heavy atom. The molecule has 2 heteroatoms. The van der Waals surface area contributed by atoms with Gasteiger partial charge in [0.2, 0.25) is 0 Å². The van der Waals surface area contributed by atoms with Crippen LogP contribution in [-0.4, -0.2) is 21.9 Å². The highest BCUT2D eigenvalue weighted by molar-refractivity contribution is 5.14. The third-order valence-electron chi connectivity index (χ3n) is 2.60. The molecule has 0 heterocycles. The summed E-state index contributed by atoms with van der Waals surface area (Å²) < 4.78 is 0. The van der Waals surface area contributed by atoms with E-state index in [1.165, 1.54) is 5.56 Å². The van der Waals surface area contributed by atoms with Crippen molar-refractivity contribution in [1.82, 2.24) is 0 Å². The summed E-state index contributed by atoms with van der Waals surface area (Å²) in [5, 5.41) is 19.1. The quantitative estimate of drug-likeness (QED) is 0.778. The van der Waals surface area contributed by atoms with Crippen molar-refractivity contribution in [3.05, 3.63) is 35.9 Å². The molecule has 1 rings (SSSR count). The molecule has 0 bridgehead atoms. The Morgan fingerprint density at radius 3 is 2.33 bits per heavy atom. The van der Waals surface area contributed by atoms with Gasteiger partial charge in [-0.1, -0.05) is 30.3 Å². The lowest BCUT2D eigenvalue weighted by atomic mass is 9.96. The zero-order chi connectivity index (χ0) is 11.3. The van der Waals surface area contributed by atoms with Crippen LogP contribution in [0.3, 0.4) is 0 Å². The second-order valence-electron chi connectivity index (χ2n) is 4.55. The number of benzene rings is 1. The fraction of sp³-hybridized carbons (Fsp3) is 0.538. The maximum Gasteiger partial charge on any atom is 0.0849 e. The molecule has 0 aliphatic heterocycles. The van der Waals surface area contributed by atoms with Crippen LogP contribution in [0.2, 0.25) is 0 Å². The van der Waals surface area contributed by atoms with E-state index >= 15 is 0 Å². The van der Waals surface area contributed by atoms with Gasteiger partial charge in [-0.25, -0.2) is 0 Å². The van der Waals surface area contributed by atoms with Crippen molar-refractivity contribution in [2.45, 2.75) is 44.8 Å². The zero-order valence-corrected chi connectivity index (χ0v) is 9.48. The van der Waals surface area contributed by atoms with Gasteiger partial charge in [0.25, 0.3) is 0 Å². The summed E-state index contributed by atoms with van der Waals surface area (Å²) in [6.45, 7) is 3.28. The summed E-state index contributed by atoms with van der Waals surface area (Å²) in [4.78, 5) is 0. The first-order chi connectivity index (χ1) is 7.00. The summed E-state index contributed by atoms with van der Waals surface area (Å²) >= 11 is 0. The van der Waals surface area contributed by atoms with Crippen molar-refractivity contribution in [3.8, 4) is 0 Å². The lowest BCUT2D eigenvalue weighted by Crippen LogP contribution is -2.35. The monoisotopic (exact) mass is 208 g/mol. The van der Waals surface area contributed by atoms with Crippen LogP contribution in [0.4, 0.5) is 0 Å². The molecule has 1 aromatic carbocycles. The Kier molecular flexibility index (Phi) is 4.30. The molecule has 15 heavy (non-hydrogen) atoms. The van der Waals surface area contributed by atoms with Crippen LogP contribution in [0.15, 0.2) is 30.3 Å². The van der Waals surface area contributed by atoms with Gasteiger partial charge < -0.3 is 10.2 Å². The standard InChI is InChI=1S/C13H20O2/c1-13(2,15)12(14)10-6-9-11-7-4-3-5-8-11/h3-5,7-8,12,14-15H,6,9-10H2,1-2H3/t12-/m1/s1. The maximum absolute atomic E-state index is 9.61. The number of hydrogen-bond acceptors (Lipinski definition) is 2. The molecule has 0 aliphatic rings. The molecule has 1 atom stereocenters. The smallest absolute Gasteiger partial charge is 0.0849 e. The molecule has 0 spiro atoms. The van der Waals surface area contributed by atoms with Gasteiger partial charge in [-0.3, -0.25) is 0 Å². The highest BCUT2D eigenvalue weighted by Crippen LogP contribution is 2.15. The van der Waals surface area contributed by atoms with E-state index in [9.17, 15) is 10.2 Å². The van der Waals surface area contributed by atoms with Gasteiger partial charge in [-0.15, -0.1) is 0 Å². The predicted octanol–water partition coefficient (Wildman–Crippen LogP) is 2.14. The van der Waals surface area contributed by atoms with Crippen molar-refractivity contribution < 1.29 is 10.2 Å². The SMILES string of the molecule is CC(C)(O)[C@H](O)CCCc1ccccc1. The van der Waals surface area contributed by atoms with Gasteiger partial charge in [0.05, 0.1) is 11.7 Å². The first-order valence-corrected chi connectivity index (χ1v) is 5.44. The maximum atomic E-state index is 9.61. The van der Waals surface area contributed by atoms with Crippen LogP contribution in [0.5, 0.6) is 0 Å². The molecule has 0 fully saturated rings. The third-order valence-corrected chi connectivity index (χ3v) is 2.60. The van der Waals surface area contributed by atoms with Crippen molar-refractivity contribution >= 4 is 0 Å². The average Bonchev–Trinajstić information content (AvgIpc) is 2.18. The highest BCUT2D eigenvalue weighted by Gasteiger charge is 2.23. The number of hydrogen-bond donors (Lipinski definition) is 2. The average molecular weight is 208 g/mol. The van der Waals surface area contributed by atoms with Gasteiger partial charge in [-0.2, -0.15) is 0 Å². The van der Waals surface area contributed by atoms with E-state index < -0.39 is 11.7 Å². The lowest BCUT2D eigenvalue weighted by molar-refractivity contribution is -0.0519. The van der Waals surface area contributed by atoms with Gasteiger partial charge in [0.15, 0.2) is 0 Å². The molecule has 0 amide bonds. The van der Waals surface area contributed by atoms with Crippen LogP contribution in [0.1, 0.15) is 32.3 Å². The van der Waals surface area contributed by atoms with Gasteiger partial charge in [-0.05, 0) is 38.7 Å². The fourth-order valence-electron chi connectivity index (χ4n) is 1.50. The van der Waals surface area contributed by atoms with E-state index in [4.69, 9.17) is 0 Å². The first kappa shape index (κ1) is 12.2. The van der Waals surface area contributed by atoms with Crippen LogP contribution in [0.25, 0.3) is 0 Å². The van der Waals surface area contributed by atoms with E-state index in [-0.39, 0.29) is 0 Å². The second-order valence-corrected chi connectivity index (χ2v) is 4.55. The molecular weight excluding hydrogens is 188 g/mol. The molecular formula is C13H20O2. The van der Waals surface area contributed by atoms with Crippen LogP contribution in [0, 0.1) is 0 Å². The van der Waals surface area contributed by atoms with E-state index in [0.717, 1.165) is 12.8 Å². The summed E-state index contributed by atoms with van der Waals surface area (Å²) in [6, 6.07) is 10.2. The summed E-state index contributed by atoms with van der Waals surface area (Å²) in [5.41, 5.74) is 0.289. The van der Waals surface area contributed by atoms with Crippen LogP contribution < -0.4 is 0 Å². The summed E-state index contributed by atoms with van der Waals surface area (Å²) in [7, 11) is 0. The number of aliphatic hydroxyl groups is 2. The highest BCUT2D eigenvalue weighted by atomic mass is 16.3. The largest absolute Gasteiger partial charge is 0.390 e. The first-order valence-electron chi connectivity index (χ1n) is 5.44. The molecule has 0 unspecified atom stereocenters. The summed E-state index contributed by atoms with van der Waals surface area (Å²) in [6.07, 6.45) is 1.85. The molecule has 2 N–H and O–H groups in total. The number of aliphatic hydroxyl groups excluding tert-OH is 1. The topological polar surface area (TPSA) is 40.5 Å². The molecule has 0 aromatic heterocycles. The van der Waals surface area contributed by atoms with Crippen molar-refractivity contribution in [2.75, 3.05) is 0 Å². The summed E-state index contributed by atoms with van der Waals surface area (Å²) in [5.74, 6) is 0. The van der Waals surface area contributed by atoms with Gasteiger partial charge >= 0.3 is 0 Å². The Morgan fingerprint density at radius 2 is 1.80 bits per heavy atom. The normalized spacial score (nSPS) is 13.9. The Bertz CT molecular complexity index is 274. The minimum Gasteiger partial charge on any atom is -0.390 e. The van der Waals surface area contributed by atoms with Crippen molar-refractivity contribution in [2.24, 2.45) is 0 Å². The minimum atomic E-state index is -0.989. The molecule has 0 saturated carbocycles. The molecule has 0 aliphatic carbocycles. The van der Waals surface area contributed by atoms with E-state index in [0.29, 0.717) is 6.42 Å². The van der Waals surface area contributed by atoms with Gasteiger partial charge in [0, 0.05) is 0 Å². The Labute approximate surface area is 91.6 Å². The molecule has 84 valence electrons. The lowest BCUT2D eigenvalue weighted by Gasteiger charge is -2.24. The number of rotatable bonds is 5. The van der Waals surface area contributed by atoms with Crippen LogP contribution in [-0.2, 0) is 6.42 Å². The Balaban J connectivity index is 2.28. The van der Waals surface area contributed by atoms with E-state index in [1.807, 2.05) is 18.2 Å². The Hall–Kier alpha value is -0.860. The van der Waals surface area contributed by atoms with E-state index in [2.05, 4.69) is 12.1 Å². The molecule has 0 saturated heterocycles. The fourth-order valence-corrected chi connectivity index (χ4v) is 1.50. The van der Waals surface area contributed by atoms with E-state index in [1.54, 1.807) is 13.8 Å². The number of aryl methyl sites for hydroxylation is 1. The van der Waals surface area contributed by atoms with Crippen LogP contribution >= 0.6 is 0 Å². The van der Waals surface area contributed by atoms with Gasteiger partial charge in [0.1, 0.15) is 0 Å². The molecule has 0 radical (unpaired) electrons. The molecule has 2 nitrogen and oxygen atoms in total. The second kappa shape index (κ2) is 5.29. The van der Waals surface area contributed by atoms with Crippen molar-refractivity contribution in [1.29, 1.82) is 0 Å². The molecule has 1 aromatic rings.